The van der Waals surface area contributed by atoms with E-state index in [1.165, 1.54) is 0 Å². The Balaban J connectivity index is 2.17. The standard InChI is InChI=1S/C15H19Cl2NO/c1-15(2,3)14(19)18(11-5-6-11)9-10-4-7-12(16)13(17)8-10/h4,7-8,11H,5-6,9H2,1-3H3. The van der Waals surface area contributed by atoms with Crippen LogP contribution in [-0.2, 0) is 11.3 Å². The van der Waals surface area contributed by atoms with Crippen molar-refractivity contribution in [3.05, 3.63) is 33.8 Å². The Kier molecular flexibility index (Phi) is 4.12. The molecule has 0 atom stereocenters. The molecular weight excluding hydrogens is 281 g/mol. The van der Waals surface area contributed by atoms with Crippen molar-refractivity contribution >= 4 is 29.1 Å². The molecule has 0 saturated heterocycles. The van der Waals surface area contributed by atoms with Gasteiger partial charge in [-0.25, -0.2) is 0 Å². The fourth-order valence-electron chi connectivity index (χ4n) is 2.02. The molecule has 1 amide bonds. The monoisotopic (exact) mass is 299 g/mol. The van der Waals surface area contributed by atoms with Crippen LogP contribution >= 0.6 is 23.2 Å². The van der Waals surface area contributed by atoms with E-state index in [0.29, 0.717) is 22.6 Å². The fourth-order valence-corrected chi connectivity index (χ4v) is 2.34. The number of nitrogens with zero attached hydrogens (tertiary/aromatic N) is 1. The molecule has 1 aromatic carbocycles. The number of amides is 1. The summed E-state index contributed by atoms with van der Waals surface area (Å²) in [5, 5.41) is 1.09. The Morgan fingerprint density at radius 3 is 2.37 bits per heavy atom. The first-order valence-corrected chi connectivity index (χ1v) is 7.29. The minimum atomic E-state index is -0.348. The van der Waals surface area contributed by atoms with Crippen molar-refractivity contribution in [3.63, 3.8) is 0 Å². The normalized spacial score (nSPS) is 15.4. The van der Waals surface area contributed by atoms with E-state index in [-0.39, 0.29) is 11.3 Å². The number of hydrogen-bond acceptors (Lipinski definition) is 1. The summed E-state index contributed by atoms with van der Waals surface area (Å²) in [7, 11) is 0. The quantitative estimate of drug-likeness (QED) is 0.803. The van der Waals surface area contributed by atoms with E-state index in [4.69, 9.17) is 23.2 Å². The lowest BCUT2D eigenvalue weighted by molar-refractivity contribution is -0.140. The first kappa shape index (κ1) is 14.7. The maximum Gasteiger partial charge on any atom is 0.228 e. The minimum Gasteiger partial charge on any atom is -0.335 e. The molecule has 0 N–H and O–H groups in total. The fraction of sp³-hybridized carbons (Fsp3) is 0.533. The summed E-state index contributed by atoms with van der Waals surface area (Å²) in [5.41, 5.74) is 0.678. The molecule has 2 nitrogen and oxygen atoms in total. The molecule has 0 unspecified atom stereocenters. The van der Waals surface area contributed by atoms with Gasteiger partial charge in [-0.15, -0.1) is 0 Å². The van der Waals surface area contributed by atoms with Crippen molar-refractivity contribution in [2.45, 2.75) is 46.2 Å². The van der Waals surface area contributed by atoms with Gasteiger partial charge in [-0.1, -0.05) is 50.0 Å². The van der Waals surface area contributed by atoms with Gasteiger partial charge in [0.05, 0.1) is 10.0 Å². The van der Waals surface area contributed by atoms with Crippen molar-refractivity contribution in [3.8, 4) is 0 Å². The van der Waals surface area contributed by atoms with Crippen molar-refractivity contribution in [2.24, 2.45) is 5.41 Å². The van der Waals surface area contributed by atoms with E-state index in [2.05, 4.69) is 0 Å². The molecule has 1 aliphatic carbocycles. The molecule has 0 heterocycles. The van der Waals surface area contributed by atoms with Crippen molar-refractivity contribution < 1.29 is 4.79 Å². The average Bonchev–Trinajstić information content (AvgIpc) is 3.12. The molecule has 0 radical (unpaired) electrons. The number of benzene rings is 1. The third-order valence-corrected chi connectivity index (χ3v) is 3.97. The Hall–Kier alpha value is -0.730. The second-order valence-electron chi connectivity index (χ2n) is 6.16. The molecule has 0 spiro atoms. The SMILES string of the molecule is CC(C)(C)C(=O)N(Cc1ccc(Cl)c(Cl)c1)C1CC1. The molecule has 19 heavy (non-hydrogen) atoms. The lowest BCUT2D eigenvalue weighted by Gasteiger charge is -2.29. The van der Waals surface area contributed by atoms with E-state index in [9.17, 15) is 4.79 Å². The number of carbonyl (C=O) groups excluding carboxylic acids is 1. The van der Waals surface area contributed by atoms with Crippen molar-refractivity contribution in [1.82, 2.24) is 4.90 Å². The zero-order valence-electron chi connectivity index (χ0n) is 11.5. The van der Waals surface area contributed by atoms with Crippen LogP contribution in [0.4, 0.5) is 0 Å². The van der Waals surface area contributed by atoms with Crippen LogP contribution in [-0.4, -0.2) is 16.8 Å². The minimum absolute atomic E-state index is 0.195. The number of halogens is 2. The Labute approximate surface area is 124 Å². The molecule has 1 aliphatic rings. The highest BCUT2D eigenvalue weighted by molar-refractivity contribution is 6.42. The third-order valence-electron chi connectivity index (χ3n) is 3.23. The molecule has 2 rings (SSSR count). The predicted octanol–water partition coefficient (Wildman–Crippen LogP) is 4.53. The van der Waals surface area contributed by atoms with Crippen LogP contribution < -0.4 is 0 Å². The molecule has 1 fully saturated rings. The molecular formula is C15H19Cl2NO. The molecule has 0 aromatic heterocycles. The average molecular weight is 300 g/mol. The maximum atomic E-state index is 12.5. The second-order valence-corrected chi connectivity index (χ2v) is 6.98. The Bertz CT molecular complexity index is 489. The third kappa shape index (κ3) is 3.64. The van der Waals surface area contributed by atoms with Gasteiger partial charge >= 0.3 is 0 Å². The zero-order valence-corrected chi connectivity index (χ0v) is 13.1. The first-order valence-electron chi connectivity index (χ1n) is 6.54. The number of hydrogen-bond donors (Lipinski definition) is 0. The van der Waals surface area contributed by atoms with Crippen LogP contribution in [0.2, 0.25) is 10.0 Å². The van der Waals surface area contributed by atoms with E-state index in [0.717, 1.165) is 18.4 Å². The van der Waals surface area contributed by atoms with Crippen LogP contribution in [0.1, 0.15) is 39.2 Å². The molecule has 4 heteroatoms. The van der Waals surface area contributed by atoms with E-state index in [1.807, 2.05) is 37.8 Å². The summed E-state index contributed by atoms with van der Waals surface area (Å²) >= 11 is 11.9. The lowest BCUT2D eigenvalue weighted by Crippen LogP contribution is -2.40. The van der Waals surface area contributed by atoms with Gasteiger partial charge < -0.3 is 4.90 Å². The van der Waals surface area contributed by atoms with Crippen LogP contribution in [0, 0.1) is 5.41 Å². The summed E-state index contributed by atoms with van der Waals surface area (Å²) in [6.07, 6.45) is 2.20. The Morgan fingerprint density at radius 1 is 1.26 bits per heavy atom. The Morgan fingerprint density at radius 2 is 1.89 bits per heavy atom. The summed E-state index contributed by atoms with van der Waals surface area (Å²) in [4.78, 5) is 14.4. The van der Waals surface area contributed by atoms with Gasteiger partial charge in [0.1, 0.15) is 0 Å². The molecule has 1 saturated carbocycles. The summed E-state index contributed by atoms with van der Waals surface area (Å²) in [6, 6.07) is 5.95. The molecule has 104 valence electrons. The number of rotatable bonds is 3. The van der Waals surface area contributed by atoms with Crippen LogP contribution in [0.15, 0.2) is 18.2 Å². The highest BCUT2D eigenvalue weighted by Crippen LogP contribution is 2.33. The predicted molar refractivity (Wildman–Crippen MR) is 79.5 cm³/mol. The topological polar surface area (TPSA) is 20.3 Å². The summed E-state index contributed by atoms with van der Waals surface area (Å²) in [6.45, 7) is 6.48. The van der Waals surface area contributed by atoms with Gasteiger partial charge in [0, 0.05) is 18.0 Å². The van der Waals surface area contributed by atoms with E-state index >= 15 is 0 Å². The first-order chi connectivity index (χ1) is 8.79. The lowest BCUT2D eigenvalue weighted by atomic mass is 9.94. The van der Waals surface area contributed by atoms with Crippen LogP contribution in [0.3, 0.4) is 0 Å². The van der Waals surface area contributed by atoms with Gasteiger partial charge in [-0.05, 0) is 30.5 Å². The van der Waals surface area contributed by atoms with Gasteiger partial charge in [0.15, 0.2) is 0 Å². The van der Waals surface area contributed by atoms with Gasteiger partial charge in [0.2, 0.25) is 5.91 Å². The number of carbonyl (C=O) groups is 1. The second kappa shape index (κ2) is 5.34. The maximum absolute atomic E-state index is 12.5. The summed E-state index contributed by atoms with van der Waals surface area (Å²) < 4.78 is 0. The molecule has 1 aromatic rings. The summed E-state index contributed by atoms with van der Waals surface area (Å²) in [5.74, 6) is 0.195. The van der Waals surface area contributed by atoms with Crippen molar-refractivity contribution in [2.75, 3.05) is 0 Å². The highest BCUT2D eigenvalue weighted by Gasteiger charge is 2.37. The molecule has 0 bridgehead atoms. The van der Waals surface area contributed by atoms with Crippen LogP contribution in [0.5, 0.6) is 0 Å². The van der Waals surface area contributed by atoms with Gasteiger partial charge in [-0.3, -0.25) is 4.79 Å². The smallest absolute Gasteiger partial charge is 0.228 e. The highest BCUT2D eigenvalue weighted by atomic mass is 35.5. The van der Waals surface area contributed by atoms with E-state index in [1.54, 1.807) is 6.07 Å². The largest absolute Gasteiger partial charge is 0.335 e. The van der Waals surface area contributed by atoms with Crippen LogP contribution in [0.25, 0.3) is 0 Å². The van der Waals surface area contributed by atoms with Gasteiger partial charge in [0.25, 0.3) is 0 Å². The van der Waals surface area contributed by atoms with E-state index < -0.39 is 0 Å². The zero-order chi connectivity index (χ0) is 14.2. The molecule has 0 aliphatic heterocycles. The van der Waals surface area contributed by atoms with Crippen molar-refractivity contribution in [1.29, 1.82) is 0 Å². The van der Waals surface area contributed by atoms with Gasteiger partial charge in [-0.2, -0.15) is 0 Å².